The van der Waals surface area contributed by atoms with Crippen LogP contribution < -0.4 is 5.46 Å². The molecule has 0 amide bonds. The second-order valence-corrected chi connectivity index (χ2v) is 4.08. The predicted molar refractivity (Wildman–Crippen MR) is 61.0 cm³/mol. The van der Waals surface area contributed by atoms with Crippen molar-refractivity contribution in [1.29, 1.82) is 0 Å². The van der Waals surface area contributed by atoms with E-state index in [1.165, 1.54) is 37.9 Å². The number of rotatable bonds is 2. The second-order valence-electron chi connectivity index (χ2n) is 4.08. The van der Waals surface area contributed by atoms with Crippen LogP contribution in [0.3, 0.4) is 0 Å². The fraction of sp³-hybridized carbons (Fsp3) is 0.500. The first-order valence-corrected chi connectivity index (χ1v) is 5.41. The number of hydrogen-bond acceptors (Lipinski definition) is 1. The van der Waals surface area contributed by atoms with Gasteiger partial charge in [0.25, 0.3) is 0 Å². The molecule has 1 aromatic carbocycles. The van der Waals surface area contributed by atoms with Crippen LogP contribution in [-0.2, 0) is 6.54 Å². The Morgan fingerprint density at radius 1 is 1.00 bits per heavy atom. The minimum atomic E-state index is 0.854. The lowest BCUT2D eigenvalue weighted by molar-refractivity contribution is 0.221. The molecule has 1 heterocycles. The van der Waals surface area contributed by atoms with Gasteiger partial charge in [0.15, 0.2) is 0 Å². The van der Waals surface area contributed by atoms with Crippen LogP contribution in [0.1, 0.15) is 24.8 Å². The molecule has 0 atom stereocenters. The predicted octanol–water partition coefficient (Wildman–Crippen LogP) is 1.47. The molecule has 0 bridgehead atoms. The van der Waals surface area contributed by atoms with Crippen molar-refractivity contribution < 1.29 is 0 Å². The molecule has 0 saturated carbocycles. The van der Waals surface area contributed by atoms with Gasteiger partial charge in [-0.3, -0.25) is 4.90 Å². The first kappa shape index (κ1) is 9.79. The van der Waals surface area contributed by atoms with E-state index in [2.05, 4.69) is 17.0 Å². The maximum absolute atomic E-state index is 5.65. The highest BCUT2D eigenvalue weighted by Crippen LogP contribution is 2.11. The van der Waals surface area contributed by atoms with Crippen LogP contribution in [0.2, 0.25) is 0 Å². The van der Waals surface area contributed by atoms with Crippen LogP contribution in [0.25, 0.3) is 0 Å². The zero-order valence-corrected chi connectivity index (χ0v) is 8.58. The normalized spacial score (nSPS) is 18.3. The summed E-state index contributed by atoms with van der Waals surface area (Å²) in [5.74, 6) is 0. The molecule has 2 radical (unpaired) electrons. The Bertz CT molecular complexity index is 275. The van der Waals surface area contributed by atoms with E-state index < -0.39 is 0 Å². The molecule has 0 aliphatic carbocycles. The zero-order valence-electron chi connectivity index (χ0n) is 8.58. The lowest BCUT2D eigenvalue weighted by Gasteiger charge is -2.26. The Hall–Kier alpha value is -0.755. The van der Waals surface area contributed by atoms with E-state index >= 15 is 0 Å². The van der Waals surface area contributed by atoms with Crippen LogP contribution in [0.15, 0.2) is 24.3 Å². The van der Waals surface area contributed by atoms with Gasteiger partial charge in [-0.1, -0.05) is 36.1 Å². The van der Waals surface area contributed by atoms with Gasteiger partial charge in [0.05, 0.1) is 0 Å². The van der Waals surface area contributed by atoms with E-state index in [1.807, 2.05) is 12.1 Å². The number of hydrogen-bond donors (Lipinski definition) is 0. The molecule has 1 nitrogen and oxygen atoms in total. The van der Waals surface area contributed by atoms with Gasteiger partial charge in [-0.05, 0) is 31.5 Å². The molecule has 1 fully saturated rings. The highest BCUT2D eigenvalue weighted by Gasteiger charge is 2.09. The molecule has 1 aliphatic heterocycles. The average molecular weight is 185 g/mol. The van der Waals surface area contributed by atoms with Gasteiger partial charge >= 0.3 is 0 Å². The van der Waals surface area contributed by atoms with Gasteiger partial charge < -0.3 is 0 Å². The van der Waals surface area contributed by atoms with Crippen molar-refractivity contribution in [3.8, 4) is 0 Å². The Morgan fingerprint density at radius 3 is 2.29 bits per heavy atom. The molecule has 2 rings (SSSR count). The lowest BCUT2D eigenvalue weighted by Crippen LogP contribution is -2.29. The summed E-state index contributed by atoms with van der Waals surface area (Å²) in [4.78, 5) is 2.52. The summed E-state index contributed by atoms with van der Waals surface area (Å²) >= 11 is 0. The third-order valence-electron chi connectivity index (χ3n) is 2.83. The van der Waals surface area contributed by atoms with Crippen molar-refractivity contribution in [3.05, 3.63) is 29.8 Å². The van der Waals surface area contributed by atoms with Gasteiger partial charge in [0, 0.05) is 6.54 Å². The molecule has 0 N–H and O–H groups in total. The summed E-state index contributed by atoms with van der Waals surface area (Å²) in [5.41, 5.74) is 2.23. The average Bonchev–Trinajstić information content (AvgIpc) is 2.23. The smallest absolute Gasteiger partial charge is 0.113 e. The summed E-state index contributed by atoms with van der Waals surface area (Å²) in [5, 5.41) is 0. The monoisotopic (exact) mass is 185 g/mol. The molecule has 72 valence electrons. The number of nitrogens with zero attached hydrogens (tertiary/aromatic N) is 1. The summed E-state index contributed by atoms with van der Waals surface area (Å²) in [7, 11) is 5.65. The summed E-state index contributed by atoms with van der Waals surface area (Å²) < 4.78 is 0. The van der Waals surface area contributed by atoms with Crippen LogP contribution in [0.4, 0.5) is 0 Å². The molecule has 1 saturated heterocycles. The van der Waals surface area contributed by atoms with Crippen molar-refractivity contribution in [2.45, 2.75) is 25.8 Å². The Morgan fingerprint density at radius 2 is 1.64 bits per heavy atom. The summed E-state index contributed by atoms with van der Waals surface area (Å²) in [6.45, 7) is 3.59. The van der Waals surface area contributed by atoms with E-state index in [0.29, 0.717) is 0 Å². The minimum Gasteiger partial charge on any atom is -0.299 e. The maximum atomic E-state index is 5.65. The molecule has 2 heteroatoms. The molecule has 0 aromatic heterocycles. The highest BCUT2D eigenvalue weighted by atomic mass is 15.1. The highest BCUT2D eigenvalue weighted by molar-refractivity contribution is 6.32. The SMILES string of the molecule is [B]c1ccc(CN2CCCCC2)cc1. The van der Waals surface area contributed by atoms with Crippen LogP contribution in [-0.4, -0.2) is 25.8 Å². The van der Waals surface area contributed by atoms with E-state index in [-0.39, 0.29) is 0 Å². The second kappa shape index (κ2) is 4.65. The zero-order chi connectivity index (χ0) is 9.80. The molecule has 0 spiro atoms. The first-order chi connectivity index (χ1) is 6.84. The summed E-state index contributed by atoms with van der Waals surface area (Å²) in [6.07, 6.45) is 4.11. The molecule has 0 unspecified atom stereocenters. The van der Waals surface area contributed by atoms with Gasteiger partial charge in [0.2, 0.25) is 0 Å². The van der Waals surface area contributed by atoms with E-state index in [1.54, 1.807) is 0 Å². The summed E-state index contributed by atoms with van der Waals surface area (Å²) in [6, 6.07) is 8.23. The van der Waals surface area contributed by atoms with Crippen molar-refractivity contribution in [3.63, 3.8) is 0 Å². The van der Waals surface area contributed by atoms with Gasteiger partial charge in [-0.2, -0.15) is 0 Å². The van der Waals surface area contributed by atoms with Crippen LogP contribution >= 0.6 is 0 Å². The van der Waals surface area contributed by atoms with Crippen molar-refractivity contribution in [1.82, 2.24) is 4.90 Å². The Labute approximate surface area is 87.5 Å². The van der Waals surface area contributed by atoms with E-state index in [0.717, 1.165) is 12.0 Å². The van der Waals surface area contributed by atoms with Crippen molar-refractivity contribution in [2.75, 3.05) is 13.1 Å². The van der Waals surface area contributed by atoms with Crippen LogP contribution in [0.5, 0.6) is 0 Å². The maximum Gasteiger partial charge on any atom is 0.113 e. The molecular weight excluding hydrogens is 169 g/mol. The van der Waals surface area contributed by atoms with Gasteiger partial charge in [-0.15, -0.1) is 0 Å². The van der Waals surface area contributed by atoms with Crippen LogP contribution in [0, 0.1) is 0 Å². The van der Waals surface area contributed by atoms with E-state index in [4.69, 9.17) is 7.85 Å². The molecular formula is C12H16BN. The van der Waals surface area contributed by atoms with Gasteiger partial charge in [0.1, 0.15) is 7.85 Å². The van der Waals surface area contributed by atoms with Crippen molar-refractivity contribution in [2.24, 2.45) is 0 Å². The topological polar surface area (TPSA) is 3.24 Å². The third-order valence-corrected chi connectivity index (χ3v) is 2.83. The number of benzene rings is 1. The standard InChI is InChI=1S/C12H16BN/c13-12-6-4-11(5-7-12)10-14-8-2-1-3-9-14/h4-7H,1-3,8-10H2. The largest absolute Gasteiger partial charge is 0.299 e. The van der Waals surface area contributed by atoms with E-state index in [9.17, 15) is 0 Å². The quantitative estimate of drug-likeness (QED) is 0.630. The molecule has 1 aliphatic rings. The fourth-order valence-electron chi connectivity index (χ4n) is 2.00. The Balaban J connectivity index is 1.92. The molecule has 1 aromatic rings. The van der Waals surface area contributed by atoms with Crippen molar-refractivity contribution >= 4 is 13.3 Å². The lowest BCUT2D eigenvalue weighted by atomic mass is 9.95. The third kappa shape index (κ3) is 2.61. The fourth-order valence-corrected chi connectivity index (χ4v) is 2.00. The molecule has 14 heavy (non-hydrogen) atoms. The van der Waals surface area contributed by atoms with Gasteiger partial charge in [-0.25, -0.2) is 0 Å². The minimum absolute atomic E-state index is 0.854. The number of likely N-dealkylation sites (tertiary alicyclic amines) is 1. The Kier molecular flexibility index (Phi) is 3.25. The number of piperidine rings is 1. The first-order valence-electron chi connectivity index (χ1n) is 5.41.